The summed E-state index contributed by atoms with van der Waals surface area (Å²) in [6.45, 7) is 1.91. The van der Waals surface area contributed by atoms with Crippen LogP contribution in [-0.4, -0.2) is 14.3 Å². The van der Waals surface area contributed by atoms with Crippen LogP contribution in [0.3, 0.4) is 0 Å². The maximum atomic E-state index is 13.0. The fourth-order valence-corrected chi connectivity index (χ4v) is 6.78. The Hall–Kier alpha value is -1.96. The van der Waals surface area contributed by atoms with Gasteiger partial charge in [0.25, 0.3) is 0 Å². The monoisotopic (exact) mass is 389 g/mol. The van der Waals surface area contributed by atoms with Gasteiger partial charge in [-0.05, 0) is 30.5 Å². The highest BCUT2D eigenvalue weighted by Crippen LogP contribution is 2.46. The Labute approximate surface area is 154 Å². The zero-order valence-electron chi connectivity index (χ0n) is 13.4. The van der Waals surface area contributed by atoms with E-state index in [1.807, 2.05) is 24.4 Å². The standard InChI is InChI=1S/C18H15NO3S3/c1-11-4-6-12(7-5-11)25(21,22)15-10-24-18-13(14-3-2-8-23-14)9-16(20)19-17(15)18/h2-8,10,13H,9H2,1H3,(H,19,20). The minimum atomic E-state index is -3.67. The molecule has 1 N–H and O–H groups in total. The van der Waals surface area contributed by atoms with Gasteiger partial charge in [-0.3, -0.25) is 4.79 Å². The van der Waals surface area contributed by atoms with Crippen molar-refractivity contribution in [2.45, 2.75) is 29.1 Å². The summed E-state index contributed by atoms with van der Waals surface area (Å²) in [5, 5.41) is 6.40. The Bertz CT molecular complexity index is 1030. The lowest BCUT2D eigenvalue weighted by atomic mass is 9.97. The van der Waals surface area contributed by atoms with Gasteiger partial charge in [-0.15, -0.1) is 22.7 Å². The number of benzene rings is 1. The molecule has 1 atom stereocenters. The van der Waals surface area contributed by atoms with E-state index >= 15 is 0 Å². The molecule has 1 aliphatic rings. The Morgan fingerprint density at radius 3 is 2.56 bits per heavy atom. The molecule has 3 aromatic rings. The summed E-state index contributed by atoms with van der Waals surface area (Å²) < 4.78 is 26.1. The molecular formula is C18H15NO3S3. The zero-order valence-corrected chi connectivity index (χ0v) is 15.8. The van der Waals surface area contributed by atoms with Crippen molar-refractivity contribution in [2.24, 2.45) is 0 Å². The summed E-state index contributed by atoms with van der Waals surface area (Å²) in [5.74, 6) is -0.222. The number of anilines is 1. The zero-order chi connectivity index (χ0) is 17.6. The van der Waals surface area contributed by atoms with Crippen LogP contribution < -0.4 is 5.32 Å². The van der Waals surface area contributed by atoms with Crippen molar-refractivity contribution in [1.29, 1.82) is 0 Å². The Balaban J connectivity index is 1.83. The second-order valence-corrected chi connectivity index (χ2v) is 9.78. The first-order chi connectivity index (χ1) is 12.0. The molecule has 128 valence electrons. The van der Waals surface area contributed by atoms with E-state index in [2.05, 4.69) is 5.32 Å². The quantitative estimate of drug-likeness (QED) is 0.721. The van der Waals surface area contributed by atoms with Gasteiger partial charge in [-0.1, -0.05) is 23.8 Å². The molecule has 25 heavy (non-hydrogen) atoms. The predicted octanol–water partition coefficient (Wildman–Crippen LogP) is 4.42. The first-order valence-corrected chi connectivity index (χ1v) is 11.0. The normalized spacial score (nSPS) is 17.2. The molecule has 4 rings (SSSR count). The molecule has 3 heterocycles. The number of rotatable bonds is 3. The summed E-state index contributed by atoms with van der Waals surface area (Å²) in [7, 11) is -3.67. The highest BCUT2D eigenvalue weighted by atomic mass is 32.2. The third-order valence-corrected chi connectivity index (χ3v) is 8.29. The van der Waals surface area contributed by atoms with Crippen LogP contribution in [-0.2, 0) is 14.6 Å². The SMILES string of the molecule is Cc1ccc(S(=O)(=O)c2csc3c2NC(=O)CC3c2cccs2)cc1. The van der Waals surface area contributed by atoms with Gasteiger partial charge in [0, 0.05) is 27.5 Å². The molecule has 0 bridgehead atoms. The molecule has 7 heteroatoms. The summed E-state index contributed by atoms with van der Waals surface area (Å²) in [4.78, 5) is 14.6. The Morgan fingerprint density at radius 2 is 1.88 bits per heavy atom. The summed E-state index contributed by atoms with van der Waals surface area (Å²) in [5.41, 5.74) is 1.44. The van der Waals surface area contributed by atoms with E-state index in [-0.39, 0.29) is 21.6 Å². The molecule has 2 aromatic heterocycles. The van der Waals surface area contributed by atoms with E-state index < -0.39 is 9.84 Å². The first-order valence-electron chi connectivity index (χ1n) is 7.73. The highest BCUT2D eigenvalue weighted by molar-refractivity contribution is 7.91. The average molecular weight is 390 g/mol. The lowest BCUT2D eigenvalue weighted by Crippen LogP contribution is -2.23. The van der Waals surface area contributed by atoms with Gasteiger partial charge in [0.1, 0.15) is 4.90 Å². The van der Waals surface area contributed by atoms with Gasteiger partial charge >= 0.3 is 0 Å². The van der Waals surface area contributed by atoms with E-state index in [0.717, 1.165) is 15.3 Å². The van der Waals surface area contributed by atoms with E-state index in [1.165, 1.54) is 11.3 Å². The van der Waals surface area contributed by atoms with Crippen LogP contribution in [0, 0.1) is 6.92 Å². The molecule has 1 aliphatic heterocycles. The van der Waals surface area contributed by atoms with Crippen LogP contribution in [0.1, 0.15) is 27.7 Å². The van der Waals surface area contributed by atoms with Crippen molar-refractivity contribution in [3.05, 3.63) is 62.5 Å². The largest absolute Gasteiger partial charge is 0.324 e. The summed E-state index contributed by atoms with van der Waals surface area (Å²) in [6, 6.07) is 10.7. The molecule has 0 radical (unpaired) electrons. The molecule has 1 unspecified atom stereocenters. The van der Waals surface area contributed by atoms with Crippen LogP contribution >= 0.6 is 22.7 Å². The van der Waals surface area contributed by atoms with Crippen molar-refractivity contribution in [1.82, 2.24) is 0 Å². The van der Waals surface area contributed by atoms with E-state index in [1.54, 1.807) is 41.0 Å². The van der Waals surface area contributed by atoms with Gasteiger partial charge in [0.2, 0.25) is 15.7 Å². The molecule has 1 amide bonds. The number of aryl methyl sites for hydroxylation is 1. The van der Waals surface area contributed by atoms with Crippen LogP contribution in [0.2, 0.25) is 0 Å². The van der Waals surface area contributed by atoms with Crippen molar-refractivity contribution >= 4 is 44.1 Å². The fourth-order valence-electron chi connectivity index (χ4n) is 2.97. The third-order valence-electron chi connectivity index (χ3n) is 4.26. The summed E-state index contributed by atoms with van der Waals surface area (Å²) >= 11 is 2.98. The Kier molecular flexibility index (Phi) is 4.02. The highest BCUT2D eigenvalue weighted by Gasteiger charge is 2.34. The van der Waals surface area contributed by atoms with E-state index in [4.69, 9.17) is 0 Å². The lowest BCUT2D eigenvalue weighted by Gasteiger charge is -2.22. The van der Waals surface area contributed by atoms with Crippen molar-refractivity contribution in [3.8, 4) is 0 Å². The number of hydrogen-bond donors (Lipinski definition) is 1. The molecule has 0 spiro atoms. The van der Waals surface area contributed by atoms with Crippen LogP contribution in [0.25, 0.3) is 0 Å². The number of sulfone groups is 1. The van der Waals surface area contributed by atoms with Crippen LogP contribution in [0.5, 0.6) is 0 Å². The maximum absolute atomic E-state index is 13.0. The number of fused-ring (bicyclic) bond motifs is 1. The average Bonchev–Trinajstić information content (AvgIpc) is 3.24. The number of hydrogen-bond acceptors (Lipinski definition) is 5. The summed E-state index contributed by atoms with van der Waals surface area (Å²) in [6.07, 6.45) is 0.345. The van der Waals surface area contributed by atoms with Crippen molar-refractivity contribution in [3.63, 3.8) is 0 Å². The maximum Gasteiger partial charge on any atom is 0.225 e. The van der Waals surface area contributed by atoms with Crippen LogP contribution in [0.15, 0.2) is 56.9 Å². The number of amides is 1. The first kappa shape index (κ1) is 16.5. The fraction of sp³-hybridized carbons (Fsp3) is 0.167. The molecule has 0 saturated carbocycles. The number of thiophene rings is 2. The predicted molar refractivity (Wildman–Crippen MR) is 100 cm³/mol. The minimum absolute atomic E-state index is 0.0734. The molecule has 1 aromatic carbocycles. The van der Waals surface area contributed by atoms with Crippen molar-refractivity contribution in [2.75, 3.05) is 5.32 Å². The number of nitrogens with one attached hydrogen (secondary N) is 1. The molecule has 0 fully saturated rings. The molecule has 0 saturated heterocycles. The number of carbonyl (C=O) groups is 1. The van der Waals surface area contributed by atoms with Crippen molar-refractivity contribution < 1.29 is 13.2 Å². The second-order valence-electron chi connectivity index (χ2n) is 5.98. The Morgan fingerprint density at radius 1 is 1.12 bits per heavy atom. The third kappa shape index (κ3) is 2.82. The lowest BCUT2D eigenvalue weighted by molar-refractivity contribution is -0.116. The minimum Gasteiger partial charge on any atom is -0.324 e. The molecule has 4 nitrogen and oxygen atoms in total. The van der Waals surface area contributed by atoms with Gasteiger partial charge in [-0.2, -0.15) is 0 Å². The van der Waals surface area contributed by atoms with E-state index in [9.17, 15) is 13.2 Å². The van der Waals surface area contributed by atoms with Gasteiger partial charge < -0.3 is 5.32 Å². The van der Waals surface area contributed by atoms with Crippen LogP contribution in [0.4, 0.5) is 5.69 Å². The van der Waals surface area contributed by atoms with Gasteiger partial charge in [-0.25, -0.2) is 8.42 Å². The second kappa shape index (κ2) is 6.09. The number of carbonyl (C=O) groups excluding carboxylic acids is 1. The molecular weight excluding hydrogens is 374 g/mol. The topological polar surface area (TPSA) is 63.2 Å². The van der Waals surface area contributed by atoms with Gasteiger partial charge in [0.15, 0.2) is 0 Å². The smallest absolute Gasteiger partial charge is 0.225 e. The van der Waals surface area contributed by atoms with Gasteiger partial charge in [0.05, 0.1) is 10.6 Å². The van der Waals surface area contributed by atoms with E-state index in [0.29, 0.717) is 12.1 Å². The molecule has 0 aliphatic carbocycles.